The Kier molecular flexibility index (Phi) is 4.89. The van der Waals surface area contributed by atoms with Crippen molar-refractivity contribution in [2.45, 2.75) is 18.6 Å². The van der Waals surface area contributed by atoms with Crippen LogP contribution in [0.25, 0.3) is 0 Å². The van der Waals surface area contributed by atoms with Gasteiger partial charge in [-0.3, -0.25) is 4.79 Å². The smallest absolute Gasteiger partial charge is 0.227 e. The van der Waals surface area contributed by atoms with Crippen molar-refractivity contribution in [1.29, 1.82) is 0 Å². The fourth-order valence-corrected chi connectivity index (χ4v) is 3.20. The lowest BCUT2D eigenvalue weighted by Crippen LogP contribution is -2.41. The van der Waals surface area contributed by atoms with E-state index < -0.39 is 0 Å². The minimum absolute atomic E-state index is 0.0738. The maximum atomic E-state index is 12.2. The van der Waals surface area contributed by atoms with E-state index >= 15 is 0 Å². The van der Waals surface area contributed by atoms with Gasteiger partial charge in [0.15, 0.2) is 5.84 Å². The first-order valence-corrected chi connectivity index (χ1v) is 7.61. The van der Waals surface area contributed by atoms with E-state index in [2.05, 4.69) is 12.1 Å². The van der Waals surface area contributed by atoms with Gasteiger partial charge >= 0.3 is 0 Å². The van der Waals surface area contributed by atoms with E-state index in [4.69, 9.17) is 10.9 Å². The van der Waals surface area contributed by atoms with Crippen LogP contribution in [0.3, 0.4) is 0 Å². The summed E-state index contributed by atoms with van der Waals surface area (Å²) in [5.41, 5.74) is 7.09. The Morgan fingerprint density at radius 3 is 2.80 bits per heavy atom. The van der Waals surface area contributed by atoms with Crippen LogP contribution in [0.5, 0.6) is 0 Å². The Morgan fingerprint density at radius 1 is 1.50 bits per heavy atom. The molecule has 0 bridgehead atoms. The summed E-state index contributed by atoms with van der Waals surface area (Å²) in [5.74, 6) is 1.24. The fraction of sp³-hybridized carbons (Fsp3) is 0.429. The zero-order chi connectivity index (χ0) is 14.5. The van der Waals surface area contributed by atoms with Crippen LogP contribution < -0.4 is 5.73 Å². The summed E-state index contributed by atoms with van der Waals surface area (Å²) in [6.07, 6.45) is 0.397. The van der Waals surface area contributed by atoms with Crippen LogP contribution in [0.4, 0.5) is 0 Å². The van der Waals surface area contributed by atoms with Gasteiger partial charge in [-0.2, -0.15) is 11.8 Å². The van der Waals surface area contributed by atoms with Crippen LogP contribution in [0.2, 0.25) is 0 Å². The van der Waals surface area contributed by atoms with Gasteiger partial charge < -0.3 is 15.8 Å². The fourth-order valence-electron chi connectivity index (χ4n) is 2.18. The standard InChI is InChI=1S/C14H19N3O2S/c1-10-9-17(6-7-20-10)13(18)8-11-2-4-12(5-3-11)14(15)16-19/h2-5,10,19H,6-9H2,1H3,(H2,15,16). The number of amides is 1. The normalized spacial score (nSPS) is 19.9. The predicted octanol–water partition coefficient (Wildman–Crippen LogP) is 1.29. The SMILES string of the molecule is CC1CN(C(=O)Cc2ccc(/C(N)=N/O)cc2)CCS1. The lowest BCUT2D eigenvalue weighted by Gasteiger charge is -2.30. The van der Waals surface area contributed by atoms with Crippen molar-refractivity contribution in [3.8, 4) is 0 Å². The second kappa shape index (κ2) is 6.65. The van der Waals surface area contributed by atoms with Gasteiger partial charge in [-0.05, 0) is 5.56 Å². The molecule has 0 aromatic heterocycles. The highest BCUT2D eigenvalue weighted by Gasteiger charge is 2.21. The number of amidine groups is 1. The number of nitrogens with zero attached hydrogens (tertiary/aromatic N) is 2. The topological polar surface area (TPSA) is 78.9 Å². The van der Waals surface area contributed by atoms with Gasteiger partial charge in [0.25, 0.3) is 0 Å². The molecule has 1 unspecified atom stereocenters. The largest absolute Gasteiger partial charge is 0.409 e. The van der Waals surface area contributed by atoms with Crippen LogP contribution in [-0.4, -0.2) is 45.9 Å². The van der Waals surface area contributed by atoms with Crippen LogP contribution in [0.15, 0.2) is 29.4 Å². The zero-order valence-electron chi connectivity index (χ0n) is 11.5. The average molecular weight is 293 g/mol. The second-order valence-corrected chi connectivity index (χ2v) is 6.43. The Hall–Kier alpha value is -1.69. The molecular formula is C14H19N3O2S. The molecule has 1 atom stereocenters. The van der Waals surface area contributed by atoms with E-state index in [9.17, 15) is 4.79 Å². The van der Waals surface area contributed by atoms with Crippen molar-refractivity contribution in [2.24, 2.45) is 10.9 Å². The molecule has 0 spiro atoms. The molecule has 20 heavy (non-hydrogen) atoms. The summed E-state index contributed by atoms with van der Waals surface area (Å²) in [4.78, 5) is 14.1. The lowest BCUT2D eigenvalue weighted by atomic mass is 10.1. The van der Waals surface area contributed by atoms with Gasteiger partial charge in [-0.15, -0.1) is 0 Å². The maximum absolute atomic E-state index is 12.2. The predicted molar refractivity (Wildman–Crippen MR) is 81.2 cm³/mol. The Morgan fingerprint density at radius 2 is 2.20 bits per heavy atom. The van der Waals surface area contributed by atoms with E-state index in [1.54, 1.807) is 12.1 Å². The molecule has 1 aliphatic rings. The molecule has 1 aromatic rings. The number of carbonyl (C=O) groups is 1. The first-order chi connectivity index (χ1) is 9.60. The first kappa shape index (κ1) is 14.7. The summed E-state index contributed by atoms with van der Waals surface area (Å²) in [5, 5.41) is 12.1. The molecule has 108 valence electrons. The third-order valence-corrected chi connectivity index (χ3v) is 4.44. The number of hydrogen-bond donors (Lipinski definition) is 2. The highest BCUT2D eigenvalue weighted by molar-refractivity contribution is 7.99. The van der Waals surface area contributed by atoms with Crippen LogP contribution in [0, 0.1) is 0 Å². The molecule has 1 aromatic carbocycles. The molecule has 1 aliphatic heterocycles. The van der Waals surface area contributed by atoms with Gasteiger partial charge in [0.1, 0.15) is 0 Å². The molecule has 6 heteroatoms. The van der Waals surface area contributed by atoms with Crippen molar-refractivity contribution < 1.29 is 10.0 Å². The molecule has 1 saturated heterocycles. The van der Waals surface area contributed by atoms with Crippen molar-refractivity contribution in [3.63, 3.8) is 0 Å². The maximum Gasteiger partial charge on any atom is 0.227 e. The Labute approximate surface area is 122 Å². The molecule has 5 nitrogen and oxygen atoms in total. The van der Waals surface area contributed by atoms with Gasteiger partial charge in [0, 0.05) is 29.7 Å². The van der Waals surface area contributed by atoms with E-state index in [-0.39, 0.29) is 11.7 Å². The minimum Gasteiger partial charge on any atom is -0.409 e. The average Bonchev–Trinajstić information content (AvgIpc) is 2.47. The summed E-state index contributed by atoms with van der Waals surface area (Å²) in [7, 11) is 0. The van der Waals surface area contributed by atoms with Gasteiger partial charge in [-0.25, -0.2) is 0 Å². The molecule has 2 rings (SSSR count). The van der Waals surface area contributed by atoms with Crippen LogP contribution in [-0.2, 0) is 11.2 Å². The van der Waals surface area contributed by atoms with Crippen molar-refractivity contribution in [3.05, 3.63) is 35.4 Å². The van der Waals surface area contributed by atoms with Gasteiger partial charge in [-0.1, -0.05) is 36.3 Å². The number of carbonyl (C=O) groups excluding carboxylic acids is 1. The monoisotopic (exact) mass is 293 g/mol. The third kappa shape index (κ3) is 3.66. The van der Waals surface area contributed by atoms with E-state index in [0.717, 1.165) is 24.4 Å². The van der Waals surface area contributed by atoms with Crippen molar-refractivity contribution in [2.75, 3.05) is 18.8 Å². The number of nitrogens with two attached hydrogens (primary N) is 1. The summed E-state index contributed by atoms with van der Waals surface area (Å²) >= 11 is 1.91. The minimum atomic E-state index is 0.0738. The number of benzene rings is 1. The number of oxime groups is 1. The summed E-state index contributed by atoms with van der Waals surface area (Å²) < 4.78 is 0. The molecule has 1 heterocycles. The molecule has 0 saturated carbocycles. The lowest BCUT2D eigenvalue weighted by molar-refractivity contribution is -0.130. The third-order valence-electron chi connectivity index (χ3n) is 3.31. The zero-order valence-corrected chi connectivity index (χ0v) is 12.3. The Bertz CT molecular complexity index is 502. The van der Waals surface area contributed by atoms with Crippen molar-refractivity contribution >= 4 is 23.5 Å². The van der Waals surface area contributed by atoms with Gasteiger partial charge in [0.2, 0.25) is 5.91 Å². The number of thioether (sulfide) groups is 1. The van der Waals surface area contributed by atoms with Crippen LogP contribution in [0.1, 0.15) is 18.1 Å². The number of hydrogen-bond acceptors (Lipinski definition) is 4. The summed E-state index contributed by atoms with van der Waals surface area (Å²) in [6, 6.07) is 7.19. The van der Waals surface area contributed by atoms with E-state index in [0.29, 0.717) is 17.2 Å². The van der Waals surface area contributed by atoms with E-state index in [1.807, 2.05) is 28.8 Å². The first-order valence-electron chi connectivity index (χ1n) is 6.56. The molecule has 0 radical (unpaired) electrons. The Balaban J connectivity index is 1.97. The highest BCUT2D eigenvalue weighted by Crippen LogP contribution is 2.18. The molecule has 3 N–H and O–H groups in total. The molecule has 0 aliphatic carbocycles. The highest BCUT2D eigenvalue weighted by atomic mass is 32.2. The molecule has 1 amide bonds. The van der Waals surface area contributed by atoms with Crippen molar-refractivity contribution in [1.82, 2.24) is 4.90 Å². The number of rotatable bonds is 3. The van der Waals surface area contributed by atoms with Crippen LogP contribution >= 0.6 is 11.8 Å². The quantitative estimate of drug-likeness (QED) is 0.381. The second-order valence-electron chi connectivity index (χ2n) is 4.88. The van der Waals surface area contributed by atoms with E-state index in [1.165, 1.54) is 0 Å². The summed E-state index contributed by atoms with van der Waals surface area (Å²) in [6.45, 7) is 3.80. The van der Waals surface area contributed by atoms with Gasteiger partial charge in [0.05, 0.1) is 6.42 Å². The molecular weight excluding hydrogens is 274 g/mol. The molecule has 1 fully saturated rings.